The minimum Gasteiger partial charge on any atom is -0.392 e. The molecule has 2 rings (SSSR count). The first-order valence-electron chi connectivity index (χ1n) is 9.40. The Balaban J connectivity index is 2.03. The van der Waals surface area contributed by atoms with Crippen molar-refractivity contribution in [3.63, 3.8) is 0 Å². The third-order valence-electron chi connectivity index (χ3n) is 4.46. The summed E-state index contributed by atoms with van der Waals surface area (Å²) in [6, 6.07) is 10.8. The molecular formula is C21H31FN2O2. The van der Waals surface area contributed by atoms with Gasteiger partial charge in [0.2, 0.25) is 0 Å². The third-order valence-corrected chi connectivity index (χ3v) is 4.46. The molecule has 1 atom stereocenters. The number of aliphatic hydroxyl groups is 1. The maximum Gasteiger partial charge on any atom is 0.123 e. The Kier molecular flexibility index (Phi) is 8.81. The molecular weight excluding hydrogens is 331 g/mol. The Morgan fingerprint density at radius 3 is 2.85 bits per heavy atom. The Morgan fingerprint density at radius 1 is 1.27 bits per heavy atom. The van der Waals surface area contributed by atoms with Crippen molar-refractivity contribution < 1.29 is 14.2 Å². The van der Waals surface area contributed by atoms with Crippen molar-refractivity contribution in [2.45, 2.75) is 45.4 Å². The van der Waals surface area contributed by atoms with E-state index in [1.807, 2.05) is 18.3 Å². The molecule has 0 aliphatic heterocycles. The monoisotopic (exact) mass is 362 g/mol. The number of aliphatic hydroxyl groups excluding tert-OH is 1. The van der Waals surface area contributed by atoms with E-state index in [1.165, 1.54) is 6.07 Å². The van der Waals surface area contributed by atoms with Crippen molar-refractivity contribution in [3.05, 3.63) is 59.7 Å². The van der Waals surface area contributed by atoms with Gasteiger partial charge in [-0.15, -0.1) is 0 Å². The molecule has 0 saturated heterocycles. The van der Waals surface area contributed by atoms with Crippen LogP contribution in [0.2, 0.25) is 0 Å². The number of halogens is 1. The van der Waals surface area contributed by atoms with Crippen LogP contribution in [0.1, 0.15) is 37.4 Å². The summed E-state index contributed by atoms with van der Waals surface area (Å²) in [5, 5.41) is 10.2. The van der Waals surface area contributed by atoms with E-state index in [0.29, 0.717) is 19.7 Å². The molecule has 0 bridgehead atoms. The van der Waals surface area contributed by atoms with Gasteiger partial charge >= 0.3 is 0 Å². The summed E-state index contributed by atoms with van der Waals surface area (Å²) in [5.74, 6) is -0.208. The van der Waals surface area contributed by atoms with Crippen LogP contribution in [0.5, 0.6) is 0 Å². The lowest BCUT2D eigenvalue weighted by atomic mass is 10.2. The van der Waals surface area contributed by atoms with Gasteiger partial charge in [-0.3, -0.25) is 4.90 Å². The van der Waals surface area contributed by atoms with Crippen LogP contribution in [0.15, 0.2) is 42.6 Å². The van der Waals surface area contributed by atoms with E-state index in [9.17, 15) is 9.50 Å². The van der Waals surface area contributed by atoms with Gasteiger partial charge in [-0.2, -0.15) is 0 Å². The summed E-state index contributed by atoms with van der Waals surface area (Å²) < 4.78 is 20.7. The molecule has 4 nitrogen and oxygen atoms in total. The summed E-state index contributed by atoms with van der Waals surface area (Å²) in [6.07, 6.45) is 4.43. The smallest absolute Gasteiger partial charge is 0.123 e. The first-order valence-corrected chi connectivity index (χ1v) is 9.40. The fourth-order valence-corrected chi connectivity index (χ4v) is 3.20. The molecule has 1 N–H and O–H groups in total. The topological polar surface area (TPSA) is 37.6 Å². The highest BCUT2D eigenvalue weighted by Gasteiger charge is 2.14. The maximum atomic E-state index is 13.4. The number of methoxy groups -OCH3 is 1. The average Bonchev–Trinajstić information content (AvgIpc) is 3.02. The highest BCUT2D eigenvalue weighted by molar-refractivity contribution is 5.18. The molecule has 1 aromatic carbocycles. The molecule has 1 heterocycles. The molecule has 1 unspecified atom stereocenters. The molecule has 5 heteroatoms. The standard InChI is InChI=1S/C21H31FN2O2/c1-3-7-21(25)17-23(11-6-13-26-2)16-20-10-5-12-24(20)15-18-8-4-9-19(22)14-18/h4-5,8-10,12,14,21,25H,3,6-7,11,13,15-17H2,1-2H3. The molecule has 26 heavy (non-hydrogen) atoms. The molecule has 0 amide bonds. The summed E-state index contributed by atoms with van der Waals surface area (Å²) in [5.41, 5.74) is 2.11. The molecule has 0 aliphatic carbocycles. The minimum atomic E-state index is -0.311. The second-order valence-corrected chi connectivity index (χ2v) is 6.78. The normalized spacial score (nSPS) is 12.7. The molecule has 0 saturated carbocycles. The number of benzene rings is 1. The quantitative estimate of drug-likeness (QED) is 0.586. The van der Waals surface area contributed by atoms with Gasteiger partial charge in [0.05, 0.1) is 6.10 Å². The van der Waals surface area contributed by atoms with Crippen molar-refractivity contribution in [3.8, 4) is 0 Å². The zero-order valence-electron chi connectivity index (χ0n) is 15.9. The van der Waals surface area contributed by atoms with E-state index in [4.69, 9.17) is 4.74 Å². The van der Waals surface area contributed by atoms with E-state index < -0.39 is 0 Å². The maximum absolute atomic E-state index is 13.4. The van der Waals surface area contributed by atoms with Crippen LogP contribution in [0, 0.1) is 5.82 Å². The molecule has 0 radical (unpaired) electrons. The van der Waals surface area contributed by atoms with Crippen LogP contribution in [0.25, 0.3) is 0 Å². The van der Waals surface area contributed by atoms with Crippen molar-refractivity contribution in [2.75, 3.05) is 26.8 Å². The van der Waals surface area contributed by atoms with Gasteiger partial charge in [0.25, 0.3) is 0 Å². The van der Waals surface area contributed by atoms with Crippen molar-refractivity contribution in [1.29, 1.82) is 0 Å². The average molecular weight is 362 g/mol. The summed E-state index contributed by atoms with van der Waals surface area (Å²) in [4.78, 5) is 2.27. The summed E-state index contributed by atoms with van der Waals surface area (Å²) >= 11 is 0. The van der Waals surface area contributed by atoms with Gasteiger partial charge in [0.1, 0.15) is 5.82 Å². The second kappa shape index (κ2) is 11.1. The lowest BCUT2D eigenvalue weighted by Crippen LogP contribution is -2.34. The Bertz CT molecular complexity index is 644. The van der Waals surface area contributed by atoms with Gasteiger partial charge in [-0.25, -0.2) is 4.39 Å². The zero-order chi connectivity index (χ0) is 18.8. The fourth-order valence-electron chi connectivity index (χ4n) is 3.20. The number of hydrogen-bond donors (Lipinski definition) is 1. The van der Waals surface area contributed by atoms with E-state index in [2.05, 4.69) is 22.5 Å². The highest BCUT2D eigenvalue weighted by Crippen LogP contribution is 2.13. The van der Waals surface area contributed by atoms with Crippen molar-refractivity contribution >= 4 is 0 Å². The highest BCUT2D eigenvalue weighted by atomic mass is 19.1. The van der Waals surface area contributed by atoms with Crippen LogP contribution in [-0.2, 0) is 17.8 Å². The van der Waals surface area contributed by atoms with Crippen molar-refractivity contribution in [2.24, 2.45) is 0 Å². The molecule has 0 spiro atoms. The van der Waals surface area contributed by atoms with Crippen LogP contribution in [0.4, 0.5) is 4.39 Å². The fraction of sp³-hybridized carbons (Fsp3) is 0.524. The summed E-state index contributed by atoms with van der Waals surface area (Å²) in [6.45, 7) is 5.73. The van der Waals surface area contributed by atoms with Gasteiger partial charge < -0.3 is 14.4 Å². The zero-order valence-corrected chi connectivity index (χ0v) is 15.9. The van der Waals surface area contributed by atoms with Gasteiger partial charge in [0.15, 0.2) is 0 Å². The van der Waals surface area contributed by atoms with Gasteiger partial charge in [-0.1, -0.05) is 25.5 Å². The SMILES string of the molecule is CCCC(O)CN(CCCOC)Cc1cccn1Cc1cccc(F)c1. The Hall–Kier alpha value is -1.69. The first-order chi connectivity index (χ1) is 12.6. The lowest BCUT2D eigenvalue weighted by Gasteiger charge is -2.25. The predicted molar refractivity (Wildman–Crippen MR) is 103 cm³/mol. The second-order valence-electron chi connectivity index (χ2n) is 6.78. The Labute approximate surface area is 156 Å². The van der Waals surface area contributed by atoms with E-state index >= 15 is 0 Å². The van der Waals surface area contributed by atoms with Crippen LogP contribution in [0.3, 0.4) is 0 Å². The number of rotatable bonds is 12. The number of nitrogens with zero attached hydrogens (tertiary/aromatic N) is 2. The predicted octanol–water partition coefficient (Wildman–Crippen LogP) is 3.68. The third kappa shape index (κ3) is 6.90. The molecule has 144 valence electrons. The van der Waals surface area contributed by atoms with Gasteiger partial charge in [-0.05, 0) is 42.7 Å². The van der Waals surface area contributed by atoms with E-state index in [-0.39, 0.29) is 11.9 Å². The summed E-state index contributed by atoms with van der Waals surface area (Å²) in [7, 11) is 1.71. The first kappa shape index (κ1) is 20.6. The van der Waals surface area contributed by atoms with Gasteiger partial charge in [0, 0.05) is 51.8 Å². The van der Waals surface area contributed by atoms with Crippen molar-refractivity contribution in [1.82, 2.24) is 9.47 Å². The molecule has 0 fully saturated rings. The minimum absolute atomic E-state index is 0.208. The van der Waals surface area contributed by atoms with Crippen LogP contribution >= 0.6 is 0 Å². The number of hydrogen-bond acceptors (Lipinski definition) is 3. The molecule has 1 aromatic heterocycles. The molecule has 0 aliphatic rings. The lowest BCUT2D eigenvalue weighted by molar-refractivity contribution is 0.0918. The van der Waals surface area contributed by atoms with Crippen LogP contribution < -0.4 is 0 Å². The Morgan fingerprint density at radius 2 is 2.12 bits per heavy atom. The van der Waals surface area contributed by atoms with E-state index in [1.54, 1.807) is 19.2 Å². The largest absolute Gasteiger partial charge is 0.392 e. The number of aromatic nitrogens is 1. The molecule has 2 aromatic rings. The van der Waals surface area contributed by atoms with Crippen LogP contribution in [-0.4, -0.2) is 47.5 Å². The van der Waals surface area contributed by atoms with E-state index in [0.717, 1.165) is 43.6 Å². The number of ether oxygens (including phenoxy) is 1.